The van der Waals surface area contributed by atoms with E-state index < -0.39 is 11.9 Å². The fraction of sp³-hybridized carbons (Fsp3) is 0.154. The number of aliphatic hydroxyl groups excluding tert-OH is 1. The molecule has 0 fully saturated rings. The van der Waals surface area contributed by atoms with Gasteiger partial charge in [0.2, 0.25) is 0 Å². The van der Waals surface area contributed by atoms with E-state index in [2.05, 4.69) is 4.98 Å². The SMILES string of the molecule is Cc1cncc(C(O)c2cc(F)ccc2Cl)c1. The van der Waals surface area contributed by atoms with Gasteiger partial charge in [-0.15, -0.1) is 0 Å². The summed E-state index contributed by atoms with van der Waals surface area (Å²) >= 11 is 5.93. The zero-order valence-corrected chi connectivity index (χ0v) is 9.95. The Hall–Kier alpha value is -1.45. The van der Waals surface area contributed by atoms with Crippen molar-refractivity contribution in [3.63, 3.8) is 0 Å². The summed E-state index contributed by atoms with van der Waals surface area (Å²) in [6.45, 7) is 1.87. The van der Waals surface area contributed by atoms with Gasteiger partial charge in [-0.2, -0.15) is 0 Å². The molecule has 0 spiro atoms. The van der Waals surface area contributed by atoms with Gasteiger partial charge in [0.25, 0.3) is 0 Å². The number of aliphatic hydroxyl groups is 1. The first kappa shape index (κ1) is 12.0. The lowest BCUT2D eigenvalue weighted by Crippen LogP contribution is -2.02. The van der Waals surface area contributed by atoms with Crippen LogP contribution in [0.3, 0.4) is 0 Å². The smallest absolute Gasteiger partial charge is 0.123 e. The number of pyridine rings is 1. The Kier molecular flexibility index (Phi) is 3.41. The fourth-order valence-electron chi connectivity index (χ4n) is 1.63. The van der Waals surface area contributed by atoms with E-state index in [9.17, 15) is 9.50 Å². The predicted molar refractivity (Wildman–Crippen MR) is 64.4 cm³/mol. The number of aromatic nitrogens is 1. The molecule has 2 nitrogen and oxygen atoms in total. The van der Waals surface area contributed by atoms with Crippen LogP contribution in [0.2, 0.25) is 5.02 Å². The standard InChI is InChI=1S/C13H11ClFNO/c1-8-4-9(7-16-6-8)13(17)11-5-10(15)2-3-12(11)14/h2-7,13,17H,1H3. The first-order chi connectivity index (χ1) is 8.08. The molecule has 1 unspecified atom stereocenters. The summed E-state index contributed by atoms with van der Waals surface area (Å²) in [6, 6.07) is 5.71. The van der Waals surface area contributed by atoms with E-state index in [1.807, 2.05) is 6.92 Å². The second kappa shape index (κ2) is 4.82. The molecule has 0 aliphatic carbocycles. The van der Waals surface area contributed by atoms with Crippen LogP contribution in [0.25, 0.3) is 0 Å². The second-order valence-corrected chi connectivity index (χ2v) is 4.27. The van der Waals surface area contributed by atoms with Gasteiger partial charge < -0.3 is 5.11 Å². The molecule has 88 valence electrons. The third kappa shape index (κ3) is 2.62. The van der Waals surface area contributed by atoms with Crippen molar-refractivity contribution in [1.29, 1.82) is 0 Å². The number of aryl methyl sites for hydroxylation is 1. The maximum absolute atomic E-state index is 13.1. The van der Waals surface area contributed by atoms with Gasteiger partial charge in [0, 0.05) is 28.5 Å². The van der Waals surface area contributed by atoms with Crippen molar-refractivity contribution in [1.82, 2.24) is 4.98 Å². The molecule has 0 amide bonds. The zero-order valence-electron chi connectivity index (χ0n) is 9.19. The van der Waals surface area contributed by atoms with Gasteiger partial charge in [0.05, 0.1) is 0 Å². The quantitative estimate of drug-likeness (QED) is 0.889. The van der Waals surface area contributed by atoms with Gasteiger partial charge in [-0.05, 0) is 30.7 Å². The molecule has 0 radical (unpaired) electrons. The van der Waals surface area contributed by atoms with Gasteiger partial charge in [0.15, 0.2) is 0 Å². The molecule has 0 aliphatic heterocycles. The van der Waals surface area contributed by atoms with Crippen LogP contribution in [0.4, 0.5) is 4.39 Å². The fourth-order valence-corrected chi connectivity index (χ4v) is 1.85. The van der Waals surface area contributed by atoms with Gasteiger partial charge in [-0.3, -0.25) is 4.98 Å². The molecule has 0 aliphatic rings. The largest absolute Gasteiger partial charge is 0.384 e. The van der Waals surface area contributed by atoms with Crippen molar-refractivity contribution in [3.05, 3.63) is 64.2 Å². The van der Waals surface area contributed by atoms with Gasteiger partial charge in [-0.1, -0.05) is 17.7 Å². The lowest BCUT2D eigenvalue weighted by molar-refractivity contribution is 0.219. The topological polar surface area (TPSA) is 33.1 Å². The Morgan fingerprint density at radius 1 is 1.29 bits per heavy atom. The molecule has 0 bridgehead atoms. The van der Waals surface area contributed by atoms with Crippen LogP contribution in [0.15, 0.2) is 36.7 Å². The van der Waals surface area contributed by atoms with E-state index in [4.69, 9.17) is 11.6 Å². The number of benzene rings is 1. The van der Waals surface area contributed by atoms with Gasteiger partial charge >= 0.3 is 0 Å². The summed E-state index contributed by atoms with van der Waals surface area (Å²) in [4.78, 5) is 3.99. The number of rotatable bonds is 2. The van der Waals surface area contributed by atoms with Crippen LogP contribution in [-0.2, 0) is 0 Å². The molecule has 4 heteroatoms. The minimum absolute atomic E-state index is 0.334. The lowest BCUT2D eigenvalue weighted by atomic mass is 10.0. The Morgan fingerprint density at radius 2 is 2.06 bits per heavy atom. The zero-order chi connectivity index (χ0) is 12.4. The van der Waals surface area contributed by atoms with E-state index in [1.54, 1.807) is 18.5 Å². The number of hydrogen-bond donors (Lipinski definition) is 1. The van der Waals surface area contributed by atoms with Crippen molar-refractivity contribution in [2.45, 2.75) is 13.0 Å². The Balaban J connectivity index is 2.43. The Labute approximate surface area is 104 Å². The summed E-state index contributed by atoms with van der Waals surface area (Å²) in [6.07, 6.45) is 2.26. The normalized spacial score (nSPS) is 12.5. The van der Waals surface area contributed by atoms with Crippen molar-refractivity contribution < 1.29 is 9.50 Å². The van der Waals surface area contributed by atoms with Crippen molar-refractivity contribution in [2.24, 2.45) is 0 Å². The molecule has 1 heterocycles. The lowest BCUT2D eigenvalue weighted by Gasteiger charge is -2.13. The van der Waals surface area contributed by atoms with Gasteiger partial charge in [-0.25, -0.2) is 4.39 Å². The molecule has 1 atom stereocenters. The minimum atomic E-state index is -0.967. The summed E-state index contributed by atoms with van der Waals surface area (Å²) in [5, 5.41) is 10.5. The summed E-state index contributed by atoms with van der Waals surface area (Å²) in [5.74, 6) is -0.427. The number of hydrogen-bond acceptors (Lipinski definition) is 2. The van der Waals surface area contributed by atoms with E-state index in [-0.39, 0.29) is 0 Å². The van der Waals surface area contributed by atoms with Crippen LogP contribution in [0, 0.1) is 12.7 Å². The molecule has 1 aromatic heterocycles. The molecule has 2 aromatic rings. The molecule has 1 aromatic carbocycles. The highest BCUT2D eigenvalue weighted by molar-refractivity contribution is 6.31. The highest BCUT2D eigenvalue weighted by Crippen LogP contribution is 2.28. The van der Waals surface area contributed by atoms with Crippen molar-refractivity contribution >= 4 is 11.6 Å². The van der Waals surface area contributed by atoms with E-state index >= 15 is 0 Å². The molecule has 0 saturated carbocycles. The maximum Gasteiger partial charge on any atom is 0.123 e. The molecular formula is C13H11ClFNO. The van der Waals surface area contributed by atoms with Crippen LogP contribution in [0.1, 0.15) is 22.8 Å². The monoisotopic (exact) mass is 251 g/mol. The summed E-state index contributed by atoms with van der Waals surface area (Å²) in [5.41, 5.74) is 1.87. The third-order valence-electron chi connectivity index (χ3n) is 2.46. The first-order valence-electron chi connectivity index (χ1n) is 5.12. The average Bonchev–Trinajstić information content (AvgIpc) is 2.31. The first-order valence-corrected chi connectivity index (χ1v) is 5.50. The Bertz CT molecular complexity index is 545. The van der Waals surface area contributed by atoms with E-state index in [0.29, 0.717) is 16.1 Å². The molecular weight excluding hydrogens is 241 g/mol. The summed E-state index contributed by atoms with van der Waals surface area (Å²) < 4.78 is 13.1. The van der Waals surface area contributed by atoms with Crippen LogP contribution in [-0.4, -0.2) is 10.1 Å². The molecule has 17 heavy (non-hydrogen) atoms. The molecule has 2 rings (SSSR count). The molecule has 0 saturated heterocycles. The number of halogens is 2. The van der Waals surface area contributed by atoms with E-state index in [0.717, 1.165) is 5.56 Å². The summed E-state index contributed by atoms with van der Waals surface area (Å²) in [7, 11) is 0. The van der Waals surface area contributed by atoms with E-state index in [1.165, 1.54) is 18.2 Å². The van der Waals surface area contributed by atoms with Crippen LogP contribution < -0.4 is 0 Å². The maximum atomic E-state index is 13.1. The Morgan fingerprint density at radius 3 is 2.76 bits per heavy atom. The second-order valence-electron chi connectivity index (χ2n) is 3.86. The molecule has 1 N–H and O–H groups in total. The van der Waals surface area contributed by atoms with Crippen molar-refractivity contribution in [2.75, 3.05) is 0 Å². The van der Waals surface area contributed by atoms with Gasteiger partial charge in [0.1, 0.15) is 11.9 Å². The van der Waals surface area contributed by atoms with Crippen LogP contribution in [0.5, 0.6) is 0 Å². The highest BCUT2D eigenvalue weighted by atomic mass is 35.5. The predicted octanol–water partition coefficient (Wildman–Crippen LogP) is 3.26. The number of nitrogens with zero attached hydrogens (tertiary/aromatic N) is 1. The van der Waals surface area contributed by atoms with Crippen LogP contribution >= 0.6 is 11.6 Å². The average molecular weight is 252 g/mol. The highest BCUT2D eigenvalue weighted by Gasteiger charge is 2.15. The minimum Gasteiger partial charge on any atom is -0.384 e. The third-order valence-corrected chi connectivity index (χ3v) is 2.81. The van der Waals surface area contributed by atoms with Crippen molar-refractivity contribution in [3.8, 4) is 0 Å².